The van der Waals surface area contributed by atoms with Crippen molar-refractivity contribution in [3.05, 3.63) is 36.2 Å². The monoisotopic (exact) mass is 202 g/mol. The van der Waals surface area contributed by atoms with Gasteiger partial charge in [-0.15, -0.1) is 0 Å². The third-order valence-corrected chi connectivity index (χ3v) is 2.22. The molecule has 1 heterocycles. The van der Waals surface area contributed by atoms with Crippen LogP contribution in [-0.2, 0) is 13.6 Å². The van der Waals surface area contributed by atoms with Crippen molar-refractivity contribution >= 4 is 0 Å². The van der Waals surface area contributed by atoms with Gasteiger partial charge in [0.2, 0.25) is 0 Å². The zero-order valence-corrected chi connectivity index (χ0v) is 8.94. The van der Waals surface area contributed by atoms with Crippen molar-refractivity contribution in [1.82, 2.24) is 20.1 Å². The second kappa shape index (κ2) is 4.23. The molecule has 0 aliphatic carbocycles. The van der Waals surface area contributed by atoms with Gasteiger partial charge in [-0.05, 0) is 7.05 Å². The highest BCUT2D eigenvalue weighted by atomic mass is 15.3. The smallest absolute Gasteiger partial charge is 0.181 e. The number of hydrogen-bond acceptors (Lipinski definition) is 3. The zero-order chi connectivity index (χ0) is 10.7. The SMILES string of the molecule is CNCc1nc(-c2ccccc2)nn1C. The number of rotatable bonds is 3. The fraction of sp³-hybridized carbons (Fsp3) is 0.273. The minimum Gasteiger partial charge on any atom is -0.313 e. The highest BCUT2D eigenvalue weighted by molar-refractivity contribution is 5.53. The topological polar surface area (TPSA) is 42.7 Å². The molecule has 0 atom stereocenters. The third kappa shape index (κ3) is 2.05. The van der Waals surface area contributed by atoms with Gasteiger partial charge in [0.1, 0.15) is 5.82 Å². The van der Waals surface area contributed by atoms with Gasteiger partial charge in [0, 0.05) is 12.6 Å². The summed E-state index contributed by atoms with van der Waals surface area (Å²) in [6.07, 6.45) is 0. The van der Waals surface area contributed by atoms with Gasteiger partial charge < -0.3 is 5.32 Å². The van der Waals surface area contributed by atoms with Crippen molar-refractivity contribution in [3.8, 4) is 11.4 Å². The van der Waals surface area contributed by atoms with Crippen LogP contribution >= 0.6 is 0 Å². The standard InChI is InChI=1S/C11H14N4/c1-12-8-10-13-11(14-15(10)2)9-6-4-3-5-7-9/h3-7,12H,8H2,1-2H3. The fourth-order valence-electron chi connectivity index (χ4n) is 1.44. The second-order valence-electron chi connectivity index (χ2n) is 3.37. The van der Waals surface area contributed by atoms with Crippen LogP contribution < -0.4 is 5.32 Å². The lowest BCUT2D eigenvalue weighted by molar-refractivity contribution is 0.660. The summed E-state index contributed by atoms with van der Waals surface area (Å²) >= 11 is 0. The van der Waals surface area contributed by atoms with Crippen LogP contribution in [0.4, 0.5) is 0 Å². The van der Waals surface area contributed by atoms with Gasteiger partial charge in [-0.3, -0.25) is 4.68 Å². The van der Waals surface area contributed by atoms with Crippen LogP contribution in [0.2, 0.25) is 0 Å². The predicted molar refractivity (Wildman–Crippen MR) is 59.2 cm³/mol. The molecule has 0 radical (unpaired) electrons. The average molecular weight is 202 g/mol. The number of nitrogens with one attached hydrogen (secondary N) is 1. The predicted octanol–water partition coefficient (Wildman–Crippen LogP) is 1.20. The molecule has 0 bridgehead atoms. The molecule has 1 aromatic heterocycles. The van der Waals surface area contributed by atoms with Gasteiger partial charge in [0.05, 0.1) is 6.54 Å². The largest absolute Gasteiger partial charge is 0.313 e. The second-order valence-corrected chi connectivity index (χ2v) is 3.37. The lowest BCUT2D eigenvalue weighted by Gasteiger charge is -1.95. The highest BCUT2D eigenvalue weighted by Gasteiger charge is 2.07. The Labute approximate surface area is 89.0 Å². The zero-order valence-electron chi connectivity index (χ0n) is 8.94. The van der Waals surface area contributed by atoms with Crippen molar-refractivity contribution in [1.29, 1.82) is 0 Å². The minimum atomic E-state index is 0.732. The molecule has 0 unspecified atom stereocenters. The molecule has 15 heavy (non-hydrogen) atoms. The summed E-state index contributed by atoms with van der Waals surface area (Å²) in [6.45, 7) is 0.732. The highest BCUT2D eigenvalue weighted by Crippen LogP contribution is 2.14. The Morgan fingerprint density at radius 1 is 1.27 bits per heavy atom. The summed E-state index contributed by atoms with van der Waals surface area (Å²) < 4.78 is 1.80. The molecule has 0 fully saturated rings. The summed E-state index contributed by atoms with van der Waals surface area (Å²) in [6, 6.07) is 9.99. The molecule has 0 spiro atoms. The molecule has 0 saturated heterocycles. The van der Waals surface area contributed by atoms with E-state index in [9.17, 15) is 0 Å². The third-order valence-electron chi connectivity index (χ3n) is 2.22. The number of nitrogens with zero attached hydrogens (tertiary/aromatic N) is 3. The first-order chi connectivity index (χ1) is 7.31. The van der Waals surface area contributed by atoms with Crippen LogP contribution in [0.1, 0.15) is 5.82 Å². The van der Waals surface area contributed by atoms with E-state index in [1.54, 1.807) is 4.68 Å². The van der Waals surface area contributed by atoms with Crippen molar-refractivity contribution in [3.63, 3.8) is 0 Å². The Hall–Kier alpha value is -1.68. The van der Waals surface area contributed by atoms with Gasteiger partial charge >= 0.3 is 0 Å². The first-order valence-electron chi connectivity index (χ1n) is 4.91. The number of hydrogen-bond donors (Lipinski definition) is 1. The Balaban J connectivity index is 2.34. The maximum absolute atomic E-state index is 4.46. The Kier molecular flexibility index (Phi) is 2.78. The van der Waals surface area contributed by atoms with Gasteiger partial charge in [0.25, 0.3) is 0 Å². The van der Waals surface area contributed by atoms with Crippen molar-refractivity contribution < 1.29 is 0 Å². The quantitative estimate of drug-likeness (QED) is 0.813. The molecule has 1 aromatic carbocycles. The van der Waals surface area contributed by atoms with E-state index >= 15 is 0 Å². The van der Waals surface area contributed by atoms with Gasteiger partial charge in [-0.2, -0.15) is 5.10 Å². The molecular formula is C11H14N4. The van der Waals surface area contributed by atoms with Crippen LogP contribution in [0.5, 0.6) is 0 Å². The van der Waals surface area contributed by atoms with E-state index in [1.165, 1.54) is 0 Å². The molecule has 0 saturated carbocycles. The summed E-state index contributed by atoms with van der Waals surface area (Å²) in [5.74, 6) is 1.72. The Morgan fingerprint density at radius 2 is 2.00 bits per heavy atom. The van der Waals surface area contributed by atoms with E-state index in [0.717, 1.165) is 23.8 Å². The summed E-state index contributed by atoms with van der Waals surface area (Å²) in [4.78, 5) is 4.46. The average Bonchev–Trinajstić information content (AvgIpc) is 2.63. The molecule has 0 amide bonds. The lowest BCUT2D eigenvalue weighted by Crippen LogP contribution is -2.10. The molecule has 4 heteroatoms. The molecule has 1 N–H and O–H groups in total. The molecular weight excluding hydrogens is 188 g/mol. The van der Waals surface area contributed by atoms with E-state index < -0.39 is 0 Å². The maximum atomic E-state index is 4.46. The fourth-order valence-corrected chi connectivity index (χ4v) is 1.44. The normalized spacial score (nSPS) is 10.5. The molecule has 2 aromatic rings. The van der Waals surface area contributed by atoms with Crippen LogP contribution in [0.15, 0.2) is 30.3 Å². The minimum absolute atomic E-state index is 0.732. The number of benzene rings is 1. The Morgan fingerprint density at radius 3 is 2.67 bits per heavy atom. The number of aromatic nitrogens is 3. The van der Waals surface area contributed by atoms with Gasteiger partial charge in [-0.1, -0.05) is 30.3 Å². The van der Waals surface area contributed by atoms with Crippen molar-refractivity contribution in [2.45, 2.75) is 6.54 Å². The van der Waals surface area contributed by atoms with E-state index in [4.69, 9.17) is 0 Å². The van der Waals surface area contributed by atoms with Gasteiger partial charge in [0.15, 0.2) is 5.82 Å². The number of aryl methyl sites for hydroxylation is 1. The summed E-state index contributed by atoms with van der Waals surface area (Å²) in [5, 5.41) is 7.43. The first-order valence-corrected chi connectivity index (χ1v) is 4.91. The summed E-state index contributed by atoms with van der Waals surface area (Å²) in [7, 11) is 3.81. The Bertz CT molecular complexity index is 433. The maximum Gasteiger partial charge on any atom is 0.181 e. The van der Waals surface area contributed by atoms with Crippen LogP contribution in [0, 0.1) is 0 Å². The van der Waals surface area contributed by atoms with Gasteiger partial charge in [-0.25, -0.2) is 4.98 Å². The first kappa shape index (κ1) is 9.86. The lowest BCUT2D eigenvalue weighted by atomic mass is 10.2. The van der Waals surface area contributed by atoms with Crippen LogP contribution in [0.25, 0.3) is 11.4 Å². The molecule has 0 aliphatic heterocycles. The van der Waals surface area contributed by atoms with Crippen molar-refractivity contribution in [2.24, 2.45) is 7.05 Å². The van der Waals surface area contributed by atoms with E-state index in [1.807, 2.05) is 44.4 Å². The summed E-state index contributed by atoms with van der Waals surface area (Å²) in [5.41, 5.74) is 1.05. The van der Waals surface area contributed by atoms with Crippen LogP contribution in [-0.4, -0.2) is 21.8 Å². The molecule has 2 rings (SSSR count). The van der Waals surface area contributed by atoms with E-state index in [-0.39, 0.29) is 0 Å². The molecule has 4 nitrogen and oxygen atoms in total. The molecule has 78 valence electrons. The van der Waals surface area contributed by atoms with Crippen LogP contribution in [0.3, 0.4) is 0 Å². The van der Waals surface area contributed by atoms with Crippen molar-refractivity contribution in [2.75, 3.05) is 7.05 Å². The van der Waals surface area contributed by atoms with E-state index in [0.29, 0.717) is 0 Å². The van der Waals surface area contributed by atoms with E-state index in [2.05, 4.69) is 15.4 Å². The molecule has 0 aliphatic rings.